The summed E-state index contributed by atoms with van der Waals surface area (Å²) in [5, 5.41) is -0.127. The van der Waals surface area contributed by atoms with Crippen molar-refractivity contribution in [3.05, 3.63) is 29.3 Å². The molecule has 18 heavy (non-hydrogen) atoms. The molecule has 1 rings (SSSR count). The zero-order valence-corrected chi connectivity index (χ0v) is 10.3. The van der Waals surface area contributed by atoms with Gasteiger partial charge in [-0.3, -0.25) is 4.79 Å². The molecule has 2 N–H and O–H groups in total. The van der Waals surface area contributed by atoms with E-state index in [4.69, 9.17) is 5.73 Å². The molecule has 0 aliphatic heterocycles. The molecule has 0 spiro atoms. The van der Waals surface area contributed by atoms with Crippen LogP contribution in [0.1, 0.15) is 18.1 Å². The van der Waals surface area contributed by atoms with Gasteiger partial charge in [0.05, 0.1) is 11.3 Å². The summed E-state index contributed by atoms with van der Waals surface area (Å²) in [6.45, 7) is 1.37. The topological polar surface area (TPSA) is 43.1 Å². The molecular formula is C12H10F3NOS. The first kappa shape index (κ1) is 14.5. The summed E-state index contributed by atoms with van der Waals surface area (Å²) in [4.78, 5) is 10.6. The van der Waals surface area contributed by atoms with E-state index in [1.165, 1.54) is 19.1 Å². The van der Waals surface area contributed by atoms with Crippen molar-refractivity contribution in [1.82, 2.24) is 0 Å². The number of nitrogen functional groups attached to an aromatic ring is 1. The summed E-state index contributed by atoms with van der Waals surface area (Å²) in [7, 11) is 0. The summed E-state index contributed by atoms with van der Waals surface area (Å²) in [6, 6.07) is 3.43. The number of nitrogens with two attached hydrogens (primary N) is 1. The molecule has 96 valence electrons. The summed E-state index contributed by atoms with van der Waals surface area (Å²) in [6.07, 6.45) is -4.49. The molecule has 0 radical (unpaired) electrons. The number of alkyl halides is 3. The van der Waals surface area contributed by atoms with Crippen LogP contribution in [0, 0.1) is 11.8 Å². The molecule has 1 aromatic carbocycles. The second kappa shape index (κ2) is 5.83. The van der Waals surface area contributed by atoms with Gasteiger partial charge in [-0.1, -0.05) is 23.6 Å². The number of halogens is 3. The van der Waals surface area contributed by atoms with Crippen LogP contribution in [0.5, 0.6) is 0 Å². The van der Waals surface area contributed by atoms with Crippen LogP contribution in [0.15, 0.2) is 18.2 Å². The number of hydrogen-bond acceptors (Lipinski definition) is 3. The first-order valence-corrected chi connectivity index (χ1v) is 5.88. The van der Waals surface area contributed by atoms with Crippen molar-refractivity contribution >= 4 is 22.6 Å². The lowest BCUT2D eigenvalue weighted by Crippen LogP contribution is -2.08. The van der Waals surface area contributed by atoms with E-state index in [1.54, 1.807) is 0 Å². The third-order valence-corrected chi connectivity index (χ3v) is 2.61. The van der Waals surface area contributed by atoms with Crippen LogP contribution >= 0.6 is 11.8 Å². The second-order valence-corrected chi connectivity index (χ2v) is 4.54. The van der Waals surface area contributed by atoms with Gasteiger partial charge in [-0.05, 0) is 18.2 Å². The van der Waals surface area contributed by atoms with E-state index in [1.807, 2.05) is 0 Å². The Kier molecular flexibility index (Phi) is 4.68. The Hall–Kier alpha value is -1.61. The van der Waals surface area contributed by atoms with E-state index >= 15 is 0 Å². The van der Waals surface area contributed by atoms with E-state index in [-0.39, 0.29) is 22.1 Å². The number of rotatable bonds is 1. The average Bonchev–Trinajstić information content (AvgIpc) is 2.24. The van der Waals surface area contributed by atoms with Crippen molar-refractivity contribution < 1.29 is 18.0 Å². The number of anilines is 1. The van der Waals surface area contributed by atoms with Crippen LogP contribution in [0.4, 0.5) is 18.9 Å². The van der Waals surface area contributed by atoms with Gasteiger partial charge in [0.15, 0.2) is 5.12 Å². The fourth-order valence-electron chi connectivity index (χ4n) is 1.17. The quantitative estimate of drug-likeness (QED) is 0.632. The predicted molar refractivity (Wildman–Crippen MR) is 65.9 cm³/mol. The van der Waals surface area contributed by atoms with Gasteiger partial charge in [-0.15, -0.1) is 0 Å². The maximum atomic E-state index is 12.7. The zero-order valence-electron chi connectivity index (χ0n) is 9.47. The highest BCUT2D eigenvalue weighted by molar-refractivity contribution is 8.13. The predicted octanol–water partition coefficient (Wildman–Crippen LogP) is 2.92. The van der Waals surface area contributed by atoms with Crippen molar-refractivity contribution in [2.45, 2.75) is 13.1 Å². The lowest BCUT2D eigenvalue weighted by Gasteiger charge is -2.09. The molecule has 1 aromatic rings. The van der Waals surface area contributed by atoms with Crippen LogP contribution in [0.25, 0.3) is 0 Å². The zero-order chi connectivity index (χ0) is 13.8. The molecule has 0 aromatic heterocycles. The maximum Gasteiger partial charge on any atom is 0.417 e. The lowest BCUT2D eigenvalue weighted by atomic mass is 10.1. The van der Waals surface area contributed by atoms with Crippen molar-refractivity contribution in [1.29, 1.82) is 0 Å². The van der Waals surface area contributed by atoms with Gasteiger partial charge in [-0.25, -0.2) is 0 Å². The van der Waals surface area contributed by atoms with Gasteiger partial charge < -0.3 is 5.73 Å². The highest BCUT2D eigenvalue weighted by atomic mass is 32.2. The summed E-state index contributed by atoms with van der Waals surface area (Å²) in [5.74, 6) is 5.08. The minimum absolute atomic E-state index is 0.0333. The van der Waals surface area contributed by atoms with Crippen molar-refractivity contribution in [2.24, 2.45) is 0 Å². The first-order valence-electron chi connectivity index (χ1n) is 4.89. The smallest absolute Gasteiger partial charge is 0.399 e. The normalized spacial score (nSPS) is 10.7. The molecule has 0 saturated heterocycles. The van der Waals surface area contributed by atoms with E-state index < -0.39 is 11.7 Å². The van der Waals surface area contributed by atoms with Gasteiger partial charge in [0, 0.05) is 18.2 Å². The average molecular weight is 273 g/mol. The van der Waals surface area contributed by atoms with Gasteiger partial charge in [-0.2, -0.15) is 13.2 Å². The monoisotopic (exact) mass is 273 g/mol. The third-order valence-electron chi connectivity index (χ3n) is 1.92. The van der Waals surface area contributed by atoms with E-state index in [2.05, 4.69) is 11.8 Å². The molecule has 0 atom stereocenters. The molecule has 0 unspecified atom stereocenters. The summed E-state index contributed by atoms with van der Waals surface area (Å²) >= 11 is 0.949. The number of hydrogen-bond donors (Lipinski definition) is 1. The summed E-state index contributed by atoms with van der Waals surface area (Å²) in [5.41, 5.74) is 4.36. The van der Waals surface area contributed by atoms with Crippen LogP contribution in [0.3, 0.4) is 0 Å². The Balaban J connectivity index is 2.98. The van der Waals surface area contributed by atoms with Crippen LogP contribution in [0.2, 0.25) is 0 Å². The third kappa shape index (κ3) is 4.34. The molecule has 0 aliphatic carbocycles. The highest BCUT2D eigenvalue weighted by Crippen LogP contribution is 2.32. The van der Waals surface area contributed by atoms with Crippen molar-refractivity contribution in [2.75, 3.05) is 11.5 Å². The molecule has 0 heterocycles. The minimum atomic E-state index is -4.49. The van der Waals surface area contributed by atoms with E-state index in [0.29, 0.717) is 0 Å². The molecule has 6 heteroatoms. The molecule has 0 aliphatic rings. The SMILES string of the molecule is CC(=O)SCC#Cc1ccc(N)cc1C(F)(F)F. The van der Waals surface area contributed by atoms with E-state index in [0.717, 1.165) is 17.8 Å². The Morgan fingerprint density at radius 3 is 2.67 bits per heavy atom. The Morgan fingerprint density at radius 2 is 2.11 bits per heavy atom. The van der Waals surface area contributed by atoms with Crippen molar-refractivity contribution in [3.8, 4) is 11.8 Å². The number of carbonyl (C=O) groups excluding carboxylic acids is 1. The summed E-state index contributed by atoms with van der Waals surface area (Å²) < 4.78 is 38.0. The lowest BCUT2D eigenvalue weighted by molar-refractivity contribution is -0.137. The first-order chi connectivity index (χ1) is 8.30. The molecule has 2 nitrogen and oxygen atoms in total. The Bertz CT molecular complexity index is 514. The van der Waals surface area contributed by atoms with Gasteiger partial charge in [0.2, 0.25) is 0 Å². The fraction of sp³-hybridized carbons (Fsp3) is 0.250. The molecule has 0 amide bonds. The maximum absolute atomic E-state index is 12.7. The van der Waals surface area contributed by atoms with Crippen LogP contribution in [-0.4, -0.2) is 10.9 Å². The van der Waals surface area contributed by atoms with Crippen LogP contribution in [-0.2, 0) is 11.0 Å². The highest BCUT2D eigenvalue weighted by Gasteiger charge is 2.33. The van der Waals surface area contributed by atoms with Gasteiger partial charge >= 0.3 is 6.18 Å². The van der Waals surface area contributed by atoms with E-state index in [9.17, 15) is 18.0 Å². The fourth-order valence-corrected chi connectivity index (χ4v) is 1.52. The number of thioether (sulfide) groups is 1. The largest absolute Gasteiger partial charge is 0.417 e. The van der Waals surface area contributed by atoms with Crippen LogP contribution < -0.4 is 5.73 Å². The molecule has 0 bridgehead atoms. The van der Waals surface area contributed by atoms with Gasteiger partial charge in [0.25, 0.3) is 0 Å². The molecule has 0 saturated carbocycles. The number of benzene rings is 1. The minimum Gasteiger partial charge on any atom is -0.399 e. The number of carbonyl (C=O) groups is 1. The second-order valence-electron chi connectivity index (χ2n) is 3.38. The molecular weight excluding hydrogens is 263 g/mol. The Labute approximate surface area is 107 Å². The standard InChI is InChI=1S/C12H10F3NOS/c1-8(17)18-6-2-3-9-4-5-10(16)7-11(9)12(13,14)15/h4-5,7H,6,16H2,1H3. The Morgan fingerprint density at radius 1 is 1.44 bits per heavy atom. The molecule has 0 fully saturated rings. The van der Waals surface area contributed by atoms with Gasteiger partial charge in [0.1, 0.15) is 0 Å². The van der Waals surface area contributed by atoms with Crippen molar-refractivity contribution in [3.63, 3.8) is 0 Å².